The third-order valence-electron chi connectivity index (χ3n) is 2.07. The van der Waals surface area contributed by atoms with Gasteiger partial charge < -0.3 is 9.84 Å². The monoisotopic (exact) mass is 236 g/mol. The zero-order valence-corrected chi connectivity index (χ0v) is 10.2. The van der Waals surface area contributed by atoms with Crippen LogP contribution in [0, 0.1) is 23.6 Å². The first-order valence-electron chi connectivity index (χ1n) is 5.59. The van der Waals surface area contributed by atoms with E-state index in [-0.39, 0.29) is 19.0 Å². The number of rotatable bonds is 4. The van der Waals surface area contributed by atoms with E-state index < -0.39 is 0 Å². The van der Waals surface area contributed by atoms with Gasteiger partial charge in [-0.2, -0.15) is 0 Å². The van der Waals surface area contributed by atoms with Crippen LogP contribution in [0.3, 0.4) is 0 Å². The molecule has 1 aromatic rings. The molecule has 0 fully saturated rings. The minimum atomic E-state index is -0.321. The zero-order valence-electron chi connectivity index (χ0n) is 10.2. The Hall–Kier alpha value is -1.37. The van der Waals surface area contributed by atoms with Gasteiger partial charge in [-0.3, -0.25) is 0 Å². The highest BCUT2D eigenvalue weighted by Crippen LogP contribution is 2.11. The summed E-state index contributed by atoms with van der Waals surface area (Å²) in [6, 6.07) is 4.74. The lowest BCUT2D eigenvalue weighted by Crippen LogP contribution is -2.03. The smallest absolute Gasteiger partial charge is 0.129 e. The molecule has 1 aromatic carbocycles. The highest BCUT2D eigenvalue weighted by molar-refractivity contribution is 5.36. The van der Waals surface area contributed by atoms with Gasteiger partial charge in [-0.05, 0) is 18.1 Å². The third kappa shape index (κ3) is 4.99. The maximum absolute atomic E-state index is 13.6. The minimum Gasteiger partial charge on any atom is -0.384 e. The largest absolute Gasteiger partial charge is 0.384 e. The van der Waals surface area contributed by atoms with Crippen molar-refractivity contribution in [1.29, 1.82) is 0 Å². The molecule has 0 heterocycles. The van der Waals surface area contributed by atoms with Crippen LogP contribution in [0.2, 0.25) is 0 Å². The van der Waals surface area contributed by atoms with Crippen LogP contribution in [-0.2, 0) is 11.3 Å². The van der Waals surface area contributed by atoms with Crippen molar-refractivity contribution in [1.82, 2.24) is 0 Å². The van der Waals surface area contributed by atoms with Gasteiger partial charge in [-0.15, -0.1) is 0 Å². The molecule has 0 aliphatic rings. The van der Waals surface area contributed by atoms with Crippen molar-refractivity contribution in [2.24, 2.45) is 5.92 Å². The first kappa shape index (κ1) is 13.7. The molecule has 0 aromatic heterocycles. The summed E-state index contributed by atoms with van der Waals surface area (Å²) < 4.78 is 19.0. The van der Waals surface area contributed by atoms with E-state index in [1.54, 1.807) is 12.1 Å². The van der Waals surface area contributed by atoms with Gasteiger partial charge in [0.25, 0.3) is 0 Å². The Morgan fingerprint density at radius 1 is 1.41 bits per heavy atom. The summed E-state index contributed by atoms with van der Waals surface area (Å²) >= 11 is 0. The van der Waals surface area contributed by atoms with Gasteiger partial charge in [-0.25, -0.2) is 4.39 Å². The van der Waals surface area contributed by atoms with Crippen molar-refractivity contribution in [3.8, 4) is 11.8 Å². The first-order valence-corrected chi connectivity index (χ1v) is 5.59. The molecule has 3 heteroatoms. The molecule has 0 aliphatic heterocycles. The van der Waals surface area contributed by atoms with Crippen molar-refractivity contribution in [2.45, 2.75) is 20.5 Å². The lowest BCUT2D eigenvalue weighted by atomic mass is 10.1. The van der Waals surface area contributed by atoms with E-state index in [1.807, 2.05) is 13.8 Å². The third-order valence-corrected chi connectivity index (χ3v) is 2.07. The quantitative estimate of drug-likeness (QED) is 0.813. The summed E-state index contributed by atoms with van der Waals surface area (Å²) in [4.78, 5) is 0. The predicted molar refractivity (Wildman–Crippen MR) is 64.9 cm³/mol. The van der Waals surface area contributed by atoms with E-state index in [0.717, 1.165) is 0 Å². The van der Waals surface area contributed by atoms with Crippen LogP contribution < -0.4 is 0 Å². The summed E-state index contributed by atoms with van der Waals surface area (Å²) in [6.45, 7) is 4.76. The fraction of sp³-hybridized carbons (Fsp3) is 0.429. The Kier molecular flexibility index (Phi) is 5.68. The molecule has 0 atom stereocenters. The van der Waals surface area contributed by atoms with E-state index in [2.05, 4.69) is 11.8 Å². The molecule has 0 radical (unpaired) electrons. The molecule has 0 amide bonds. The van der Waals surface area contributed by atoms with Crippen molar-refractivity contribution in [3.63, 3.8) is 0 Å². The van der Waals surface area contributed by atoms with E-state index in [4.69, 9.17) is 9.84 Å². The molecule has 0 saturated heterocycles. The normalized spacial score (nSPS) is 10.2. The summed E-state index contributed by atoms with van der Waals surface area (Å²) in [5, 5.41) is 8.53. The molecular formula is C14H17FO2. The summed E-state index contributed by atoms with van der Waals surface area (Å²) in [5.41, 5.74) is 1.09. The first-order chi connectivity index (χ1) is 8.13. The van der Waals surface area contributed by atoms with Crippen LogP contribution in [0.4, 0.5) is 4.39 Å². The second kappa shape index (κ2) is 7.05. The Morgan fingerprint density at radius 3 is 2.76 bits per heavy atom. The Morgan fingerprint density at radius 2 is 2.18 bits per heavy atom. The molecule has 0 saturated carbocycles. The van der Waals surface area contributed by atoms with Crippen molar-refractivity contribution in [2.75, 3.05) is 13.2 Å². The van der Waals surface area contributed by atoms with Gasteiger partial charge in [-0.1, -0.05) is 31.8 Å². The van der Waals surface area contributed by atoms with Gasteiger partial charge in [0.15, 0.2) is 0 Å². The molecule has 0 spiro atoms. The Bertz CT molecular complexity index is 416. The summed E-state index contributed by atoms with van der Waals surface area (Å²) in [5.74, 6) is 5.25. The molecule has 1 N–H and O–H groups in total. The number of hydrogen-bond donors (Lipinski definition) is 1. The number of benzene rings is 1. The van der Waals surface area contributed by atoms with E-state index in [1.165, 1.54) is 6.07 Å². The number of halogens is 1. The number of hydrogen-bond acceptors (Lipinski definition) is 2. The van der Waals surface area contributed by atoms with Gasteiger partial charge in [0.2, 0.25) is 0 Å². The summed E-state index contributed by atoms with van der Waals surface area (Å²) in [7, 11) is 0. The van der Waals surface area contributed by atoms with Crippen LogP contribution in [0.15, 0.2) is 18.2 Å². The van der Waals surface area contributed by atoms with Crippen molar-refractivity contribution in [3.05, 3.63) is 35.1 Å². The SMILES string of the molecule is CC(C)COCc1ccc(C#CCO)cc1F. The van der Waals surface area contributed by atoms with E-state index in [9.17, 15) is 4.39 Å². The molecule has 0 aliphatic carbocycles. The second-order valence-electron chi connectivity index (χ2n) is 4.18. The molecule has 1 rings (SSSR count). The molecule has 0 bridgehead atoms. The van der Waals surface area contributed by atoms with Gasteiger partial charge >= 0.3 is 0 Å². The maximum atomic E-state index is 13.6. The number of aliphatic hydroxyl groups excluding tert-OH is 1. The maximum Gasteiger partial charge on any atom is 0.129 e. The highest BCUT2D eigenvalue weighted by Gasteiger charge is 2.03. The molecule has 17 heavy (non-hydrogen) atoms. The predicted octanol–water partition coefficient (Wildman–Crippen LogP) is 2.34. The van der Waals surface area contributed by atoms with Crippen LogP contribution in [0.5, 0.6) is 0 Å². The van der Waals surface area contributed by atoms with Crippen molar-refractivity contribution >= 4 is 0 Å². The van der Waals surface area contributed by atoms with Gasteiger partial charge in [0, 0.05) is 17.7 Å². The average molecular weight is 236 g/mol. The van der Waals surface area contributed by atoms with Crippen molar-refractivity contribution < 1.29 is 14.2 Å². The number of aliphatic hydroxyl groups is 1. The van der Waals surface area contributed by atoms with Crippen LogP contribution >= 0.6 is 0 Å². The fourth-order valence-corrected chi connectivity index (χ4v) is 1.29. The standard InChI is InChI=1S/C14H17FO2/c1-11(2)9-17-10-13-6-5-12(4-3-7-16)8-14(13)15/h5-6,8,11,16H,7,9-10H2,1-2H3. The van der Waals surface area contributed by atoms with Gasteiger partial charge in [0.1, 0.15) is 12.4 Å². The molecular weight excluding hydrogens is 219 g/mol. The van der Waals surface area contributed by atoms with Gasteiger partial charge in [0.05, 0.1) is 6.61 Å². The van der Waals surface area contributed by atoms with E-state index in [0.29, 0.717) is 23.7 Å². The summed E-state index contributed by atoms with van der Waals surface area (Å²) in [6.07, 6.45) is 0. The zero-order chi connectivity index (χ0) is 12.7. The Balaban J connectivity index is 2.63. The van der Waals surface area contributed by atoms with E-state index >= 15 is 0 Å². The van der Waals surface area contributed by atoms with Crippen LogP contribution in [0.1, 0.15) is 25.0 Å². The lowest BCUT2D eigenvalue weighted by molar-refractivity contribution is 0.0950. The number of ether oxygens (including phenoxy) is 1. The Labute approximate surface area is 101 Å². The average Bonchev–Trinajstić information content (AvgIpc) is 2.28. The molecule has 0 unspecified atom stereocenters. The molecule has 2 nitrogen and oxygen atoms in total. The van der Waals surface area contributed by atoms with Crippen LogP contribution in [0.25, 0.3) is 0 Å². The topological polar surface area (TPSA) is 29.5 Å². The second-order valence-corrected chi connectivity index (χ2v) is 4.18. The lowest BCUT2D eigenvalue weighted by Gasteiger charge is -2.07. The minimum absolute atomic E-state index is 0.221. The fourth-order valence-electron chi connectivity index (χ4n) is 1.29. The van der Waals surface area contributed by atoms with Crippen LogP contribution in [-0.4, -0.2) is 18.3 Å². The molecule has 92 valence electrons. The highest BCUT2D eigenvalue weighted by atomic mass is 19.1.